The molecule has 0 saturated carbocycles. The van der Waals surface area contributed by atoms with Gasteiger partial charge in [-0.1, -0.05) is 0 Å². The second-order valence-corrected chi connectivity index (χ2v) is 4.59. The van der Waals surface area contributed by atoms with Crippen LogP contribution in [0.3, 0.4) is 0 Å². The Labute approximate surface area is 106 Å². The zero-order valence-corrected chi connectivity index (χ0v) is 10.6. The summed E-state index contributed by atoms with van der Waals surface area (Å²) in [6, 6.07) is 5.18. The second kappa shape index (κ2) is 4.58. The van der Waals surface area contributed by atoms with Crippen molar-refractivity contribution in [2.24, 2.45) is 5.73 Å². The third-order valence-electron chi connectivity index (χ3n) is 2.35. The average Bonchev–Trinajstić information content (AvgIpc) is 2.72. The van der Waals surface area contributed by atoms with E-state index in [4.69, 9.17) is 10.2 Å². The average molecular weight is 302 g/mol. The Hall–Kier alpha value is -1.20. The Morgan fingerprint density at radius 1 is 1.24 bits per heavy atom. The first-order valence-electron chi connectivity index (χ1n) is 4.99. The number of furan rings is 1. The molecule has 0 bridgehead atoms. The van der Waals surface area contributed by atoms with E-state index in [0.717, 1.165) is 6.07 Å². The van der Waals surface area contributed by atoms with Gasteiger partial charge < -0.3 is 10.2 Å². The van der Waals surface area contributed by atoms with Crippen LogP contribution in [0.4, 0.5) is 8.78 Å². The summed E-state index contributed by atoms with van der Waals surface area (Å²) < 4.78 is 32.2. The Bertz CT molecular complexity index is 551. The lowest BCUT2D eigenvalue weighted by Crippen LogP contribution is -2.02. The lowest BCUT2D eigenvalue weighted by molar-refractivity contribution is 0.487. The van der Waals surface area contributed by atoms with Gasteiger partial charge in [0.25, 0.3) is 0 Å². The van der Waals surface area contributed by atoms with Crippen molar-refractivity contribution in [3.63, 3.8) is 0 Å². The highest BCUT2D eigenvalue weighted by molar-refractivity contribution is 9.10. The first-order chi connectivity index (χ1) is 7.99. The van der Waals surface area contributed by atoms with Gasteiger partial charge in [0.2, 0.25) is 0 Å². The summed E-state index contributed by atoms with van der Waals surface area (Å²) in [6.07, 6.45) is 0. The Balaban J connectivity index is 2.49. The monoisotopic (exact) mass is 301 g/mol. The van der Waals surface area contributed by atoms with Crippen molar-refractivity contribution in [2.45, 2.75) is 13.0 Å². The largest absolute Gasteiger partial charge is 0.459 e. The molecule has 0 radical (unpaired) electrons. The predicted octanol–water partition coefficient (Wildman–Crippen LogP) is 4.01. The van der Waals surface area contributed by atoms with Gasteiger partial charge in [0, 0.05) is 6.07 Å². The molecule has 2 nitrogen and oxygen atoms in total. The van der Waals surface area contributed by atoms with E-state index >= 15 is 0 Å². The van der Waals surface area contributed by atoms with E-state index in [1.54, 1.807) is 19.1 Å². The van der Waals surface area contributed by atoms with Crippen molar-refractivity contribution in [2.75, 3.05) is 0 Å². The van der Waals surface area contributed by atoms with Crippen LogP contribution in [0.15, 0.2) is 33.2 Å². The molecule has 1 aromatic carbocycles. The minimum atomic E-state index is -0.670. The van der Waals surface area contributed by atoms with Crippen molar-refractivity contribution < 1.29 is 13.2 Å². The van der Waals surface area contributed by atoms with Crippen molar-refractivity contribution in [3.8, 4) is 11.3 Å². The van der Waals surface area contributed by atoms with E-state index in [9.17, 15) is 8.78 Å². The molecule has 90 valence electrons. The zero-order valence-electron chi connectivity index (χ0n) is 9.01. The predicted molar refractivity (Wildman–Crippen MR) is 64.4 cm³/mol. The van der Waals surface area contributed by atoms with Gasteiger partial charge in [-0.05, 0) is 41.1 Å². The molecule has 2 aromatic rings. The van der Waals surface area contributed by atoms with Crippen molar-refractivity contribution >= 4 is 15.9 Å². The van der Waals surface area contributed by atoms with Gasteiger partial charge in [-0.2, -0.15) is 0 Å². The van der Waals surface area contributed by atoms with Gasteiger partial charge in [0.15, 0.2) is 0 Å². The van der Waals surface area contributed by atoms with E-state index in [1.165, 1.54) is 6.07 Å². The molecule has 17 heavy (non-hydrogen) atoms. The third kappa shape index (κ3) is 2.40. The van der Waals surface area contributed by atoms with E-state index in [2.05, 4.69) is 15.9 Å². The molecule has 1 heterocycles. The minimum absolute atomic E-state index is 0.188. The zero-order chi connectivity index (χ0) is 12.6. The van der Waals surface area contributed by atoms with Crippen LogP contribution < -0.4 is 5.73 Å². The van der Waals surface area contributed by atoms with Gasteiger partial charge in [0.05, 0.1) is 16.1 Å². The molecule has 1 aromatic heterocycles. The van der Waals surface area contributed by atoms with Crippen LogP contribution in [0.25, 0.3) is 11.3 Å². The molecule has 0 aliphatic carbocycles. The van der Waals surface area contributed by atoms with Gasteiger partial charge in [-0.15, -0.1) is 0 Å². The molecule has 0 saturated heterocycles. The molecule has 2 N–H and O–H groups in total. The van der Waals surface area contributed by atoms with Crippen LogP contribution in [-0.4, -0.2) is 0 Å². The summed E-state index contributed by atoms with van der Waals surface area (Å²) in [6.45, 7) is 1.76. The number of hydrogen-bond acceptors (Lipinski definition) is 2. The van der Waals surface area contributed by atoms with Crippen LogP contribution in [0.5, 0.6) is 0 Å². The molecule has 0 amide bonds. The standard InChI is InChI=1S/C12H10BrF2NO/c1-6(16)11-2-3-12(17-11)7-4-8(13)10(15)5-9(7)14/h2-6H,16H2,1H3. The maximum Gasteiger partial charge on any atom is 0.140 e. The van der Waals surface area contributed by atoms with Crippen molar-refractivity contribution in [1.82, 2.24) is 0 Å². The minimum Gasteiger partial charge on any atom is -0.459 e. The second-order valence-electron chi connectivity index (χ2n) is 3.74. The quantitative estimate of drug-likeness (QED) is 0.851. The van der Waals surface area contributed by atoms with Crippen LogP contribution >= 0.6 is 15.9 Å². The summed E-state index contributed by atoms with van der Waals surface area (Å²) in [5.74, 6) is -0.433. The van der Waals surface area contributed by atoms with E-state index in [-0.39, 0.29) is 16.1 Å². The Kier molecular flexibility index (Phi) is 3.31. The number of rotatable bonds is 2. The van der Waals surface area contributed by atoms with Crippen LogP contribution in [0.2, 0.25) is 0 Å². The normalized spacial score (nSPS) is 12.8. The Morgan fingerprint density at radius 2 is 1.94 bits per heavy atom. The SMILES string of the molecule is CC(N)c1ccc(-c2cc(Br)c(F)cc2F)o1. The fraction of sp³-hybridized carbons (Fsp3) is 0.167. The van der Waals surface area contributed by atoms with Gasteiger partial charge in [-0.3, -0.25) is 0 Å². The fourth-order valence-corrected chi connectivity index (χ4v) is 1.80. The summed E-state index contributed by atoms with van der Waals surface area (Å²) in [5.41, 5.74) is 5.84. The van der Waals surface area contributed by atoms with Gasteiger partial charge in [0.1, 0.15) is 23.2 Å². The highest BCUT2D eigenvalue weighted by Gasteiger charge is 2.14. The maximum absolute atomic E-state index is 13.6. The summed E-state index contributed by atoms with van der Waals surface area (Å²) in [7, 11) is 0. The van der Waals surface area contributed by atoms with Gasteiger partial charge in [-0.25, -0.2) is 8.78 Å². The topological polar surface area (TPSA) is 39.2 Å². The summed E-state index contributed by atoms with van der Waals surface area (Å²) in [5, 5.41) is 0. The molecule has 2 rings (SSSR count). The Morgan fingerprint density at radius 3 is 2.53 bits per heavy atom. The lowest BCUT2D eigenvalue weighted by Gasteiger charge is -2.03. The molecular formula is C12H10BrF2NO. The van der Waals surface area contributed by atoms with E-state index < -0.39 is 11.6 Å². The molecule has 0 aliphatic heterocycles. The summed E-state index contributed by atoms with van der Waals surface area (Å²) >= 11 is 3.01. The number of halogens is 3. The maximum atomic E-state index is 13.6. The number of nitrogens with two attached hydrogens (primary N) is 1. The van der Waals surface area contributed by atoms with E-state index in [1.807, 2.05) is 0 Å². The highest BCUT2D eigenvalue weighted by Crippen LogP contribution is 2.30. The number of hydrogen-bond donors (Lipinski definition) is 1. The molecule has 1 atom stereocenters. The molecule has 1 unspecified atom stereocenters. The smallest absolute Gasteiger partial charge is 0.140 e. The lowest BCUT2D eigenvalue weighted by atomic mass is 10.1. The molecule has 0 fully saturated rings. The molecule has 0 spiro atoms. The van der Waals surface area contributed by atoms with Crippen molar-refractivity contribution in [1.29, 1.82) is 0 Å². The summed E-state index contributed by atoms with van der Waals surface area (Å²) in [4.78, 5) is 0. The highest BCUT2D eigenvalue weighted by atomic mass is 79.9. The molecule has 5 heteroatoms. The van der Waals surface area contributed by atoms with Crippen LogP contribution in [0.1, 0.15) is 18.7 Å². The van der Waals surface area contributed by atoms with Crippen LogP contribution in [0, 0.1) is 11.6 Å². The third-order valence-corrected chi connectivity index (χ3v) is 2.96. The molecule has 0 aliphatic rings. The first-order valence-corrected chi connectivity index (χ1v) is 5.78. The number of benzene rings is 1. The fourth-order valence-electron chi connectivity index (χ4n) is 1.45. The van der Waals surface area contributed by atoms with E-state index in [0.29, 0.717) is 11.5 Å². The van der Waals surface area contributed by atoms with Gasteiger partial charge >= 0.3 is 0 Å². The van der Waals surface area contributed by atoms with Crippen LogP contribution in [-0.2, 0) is 0 Å². The first kappa shape index (κ1) is 12.3. The molecular weight excluding hydrogens is 292 g/mol. The van der Waals surface area contributed by atoms with Crippen molar-refractivity contribution in [3.05, 3.63) is 46.1 Å².